The topological polar surface area (TPSA) is 88.6 Å². The van der Waals surface area contributed by atoms with E-state index in [2.05, 4.69) is 10.3 Å². The average Bonchev–Trinajstić information content (AvgIpc) is 2.79. The zero-order valence-corrected chi connectivity index (χ0v) is 17.7. The second-order valence-corrected chi connectivity index (χ2v) is 8.65. The Kier molecular flexibility index (Phi) is 7.32. The number of ether oxygens (including phenoxy) is 1. The predicted molar refractivity (Wildman–Crippen MR) is 113 cm³/mol. The van der Waals surface area contributed by atoms with Gasteiger partial charge in [0.15, 0.2) is 0 Å². The maximum absolute atomic E-state index is 13.1. The monoisotopic (exact) mass is 443 g/mol. The van der Waals surface area contributed by atoms with Crippen molar-refractivity contribution in [2.75, 3.05) is 13.7 Å². The first-order valence-corrected chi connectivity index (χ1v) is 10.9. The Labute approximate surface area is 180 Å². The van der Waals surface area contributed by atoms with E-state index in [-0.39, 0.29) is 30.3 Å². The molecule has 1 amide bonds. The highest BCUT2D eigenvalue weighted by atomic mass is 32.2. The number of hydrogen-bond acceptors (Lipinski definition) is 5. The second-order valence-electron chi connectivity index (χ2n) is 6.71. The number of carbonyl (C=O) groups is 1. The molecule has 0 bridgehead atoms. The number of sulfonamides is 1. The lowest BCUT2D eigenvalue weighted by molar-refractivity contribution is -0.121. The van der Waals surface area contributed by atoms with Crippen molar-refractivity contribution in [1.82, 2.24) is 14.6 Å². The Hall–Kier alpha value is -3.30. The highest BCUT2D eigenvalue weighted by molar-refractivity contribution is 7.89. The fourth-order valence-electron chi connectivity index (χ4n) is 2.83. The molecule has 7 nitrogen and oxygen atoms in total. The van der Waals surface area contributed by atoms with Crippen LogP contribution < -0.4 is 10.1 Å². The molecule has 31 heavy (non-hydrogen) atoms. The van der Waals surface area contributed by atoms with Crippen molar-refractivity contribution in [3.8, 4) is 5.75 Å². The van der Waals surface area contributed by atoms with Gasteiger partial charge in [0, 0.05) is 25.5 Å². The van der Waals surface area contributed by atoms with E-state index >= 15 is 0 Å². The van der Waals surface area contributed by atoms with Crippen LogP contribution in [0.5, 0.6) is 5.75 Å². The van der Waals surface area contributed by atoms with E-state index in [9.17, 15) is 17.6 Å². The summed E-state index contributed by atoms with van der Waals surface area (Å²) in [5.74, 6) is -0.212. The van der Waals surface area contributed by atoms with Gasteiger partial charge in [-0.1, -0.05) is 24.3 Å². The lowest BCUT2D eigenvalue weighted by Gasteiger charge is -2.22. The zero-order chi connectivity index (χ0) is 22.3. The van der Waals surface area contributed by atoms with Gasteiger partial charge in [0.1, 0.15) is 16.5 Å². The van der Waals surface area contributed by atoms with Crippen LogP contribution in [-0.2, 0) is 27.9 Å². The zero-order valence-electron chi connectivity index (χ0n) is 16.9. The van der Waals surface area contributed by atoms with Crippen molar-refractivity contribution in [2.24, 2.45) is 0 Å². The van der Waals surface area contributed by atoms with E-state index in [0.717, 1.165) is 4.31 Å². The molecule has 1 aromatic heterocycles. The summed E-state index contributed by atoms with van der Waals surface area (Å²) >= 11 is 0. The van der Waals surface area contributed by atoms with Crippen LogP contribution in [-0.4, -0.2) is 37.3 Å². The van der Waals surface area contributed by atoms with Gasteiger partial charge in [-0.05, 0) is 47.5 Å². The second kappa shape index (κ2) is 10.1. The molecule has 3 aromatic rings. The van der Waals surface area contributed by atoms with Gasteiger partial charge >= 0.3 is 0 Å². The third-order valence-electron chi connectivity index (χ3n) is 4.51. The summed E-state index contributed by atoms with van der Waals surface area (Å²) in [4.78, 5) is 16.4. The Morgan fingerprint density at radius 1 is 1.06 bits per heavy atom. The number of halogens is 1. The summed E-state index contributed by atoms with van der Waals surface area (Å²) in [5, 5.41) is 2.67. The Bertz CT molecular complexity index is 1110. The SMILES string of the molecule is COc1ccc(CN(CC(=O)NCc2ccc(F)cc2)S(=O)(=O)c2cccnc2)cc1. The molecule has 0 saturated heterocycles. The number of carbonyl (C=O) groups excluding carboxylic acids is 1. The van der Waals surface area contributed by atoms with E-state index in [1.54, 1.807) is 43.5 Å². The molecule has 0 saturated carbocycles. The number of nitrogens with zero attached hydrogens (tertiary/aromatic N) is 2. The van der Waals surface area contributed by atoms with E-state index in [0.29, 0.717) is 16.9 Å². The van der Waals surface area contributed by atoms with Crippen molar-refractivity contribution in [2.45, 2.75) is 18.0 Å². The fourth-order valence-corrected chi connectivity index (χ4v) is 4.18. The van der Waals surface area contributed by atoms with Crippen LogP contribution in [0.3, 0.4) is 0 Å². The number of aromatic nitrogens is 1. The van der Waals surface area contributed by atoms with Gasteiger partial charge in [-0.15, -0.1) is 0 Å². The molecule has 2 aromatic carbocycles. The number of methoxy groups -OCH3 is 1. The molecule has 3 rings (SSSR count). The van der Waals surface area contributed by atoms with Crippen LogP contribution in [0.25, 0.3) is 0 Å². The average molecular weight is 444 g/mol. The van der Waals surface area contributed by atoms with Gasteiger partial charge in [0.2, 0.25) is 15.9 Å². The lowest BCUT2D eigenvalue weighted by atomic mass is 10.2. The molecule has 0 aliphatic rings. The molecule has 0 fully saturated rings. The quantitative estimate of drug-likeness (QED) is 0.549. The number of nitrogens with one attached hydrogen (secondary N) is 1. The normalized spacial score (nSPS) is 11.3. The van der Waals surface area contributed by atoms with E-state index in [1.165, 1.54) is 36.7 Å². The largest absolute Gasteiger partial charge is 0.497 e. The summed E-state index contributed by atoms with van der Waals surface area (Å²) in [5.41, 5.74) is 1.39. The minimum atomic E-state index is -3.97. The van der Waals surface area contributed by atoms with Crippen molar-refractivity contribution < 1.29 is 22.3 Å². The highest BCUT2D eigenvalue weighted by Crippen LogP contribution is 2.19. The Balaban J connectivity index is 1.77. The van der Waals surface area contributed by atoms with Crippen LogP contribution in [0.4, 0.5) is 4.39 Å². The van der Waals surface area contributed by atoms with Gasteiger partial charge in [-0.3, -0.25) is 9.78 Å². The Morgan fingerprint density at radius 3 is 2.35 bits per heavy atom. The summed E-state index contributed by atoms with van der Waals surface area (Å²) < 4.78 is 45.5. The summed E-state index contributed by atoms with van der Waals surface area (Å²) in [6.07, 6.45) is 2.72. The van der Waals surface area contributed by atoms with Crippen LogP contribution in [0, 0.1) is 5.82 Å². The van der Waals surface area contributed by atoms with Crippen LogP contribution in [0.1, 0.15) is 11.1 Å². The molecular weight excluding hydrogens is 421 g/mol. The first kappa shape index (κ1) is 22.4. The third-order valence-corrected chi connectivity index (χ3v) is 6.29. The standard InChI is InChI=1S/C22H22FN3O4S/c1-30-20-10-6-18(7-11-20)15-26(31(28,29)21-3-2-12-24-14-21)16-22(27)25-13-17-4-8-19(23)9-5-17/h2-12,14H,13,15-16H2,1H3,(H,25,27). The van der Waals surface area contributed by atoms with Crippen LogP contribution >= 0.6 is 0 Å². The predicted octanol–water partition coefficient (Wildman–Crippen LogP) is 2.74. The van der Waals surface area contributed by atoms with E-state index < -0.39 is 15.9 Å². The summed E-state index contributed by atoms with van der Waals surface area (Å²) in [7, 11) is -2.43. The number of benzene rings is 2. The van der Waals surface area contributed by atoms with E-state index in [1.807, 2.05) is 0 Å². The van der Waals surface area contributed by atoms with Gasteiger partial charge < -0.3 is 10.1 Å². The molecule has 0 unspecified atom stereocenters. The maximum atomic E-state index is 13.1. The third kappa shape index (κ3) is 6.09. The van der Waals surface area contributed by atoms with Crippen molar-refractivity contribution in [1.29, 1.82) is 0 Å². The number of pyridine rings is 1. The molecule has 0 radical (unpaired) electrons. The minimum Gasteiger partial charge on any atom is -0.497 e. The number of hydrogen-bond donors (Lipinski definition) is 1. The maximum Gasteiger partial charge on any atom is 0.245 e. The molecule has 162 valence electrons. The lowest BCUT2D eigenvalue weighted by Crippen LogP contribution is -2.40. The molecule has 1 heterocycles. The van der Waals surface area contributed by atoms with Gasteiger partial charge in [0.05, 0.1) is 13.7 Å². The molecule has 0 aliphatic carbocycles. The van der Waals surface area contributed by atoms with E-state index in [4.69, 9.17) is 4.74 Å². The summed E-state index contributed by atoms with van der Waals surface area (Å²) in [6, 6.07) is 15.6. The molecule has 0 aliphatic heterocycles. The van der Waals surface area contributed by atoms with Crippen LogP contribution in [0.2, 0.25) is 0 Å². The first-order valence-electron chi connectivity index (χ1n) is 9.43. The number of amides is 1. The first-order chi connectivity index (χ1) is 14.9. The Morgan fingerprint density at radius 2 is 1.74 bits per heavy atom. The fraction of sp³-hybridized carbons (Fsp3) is 0.182. The van der Waals surface area contributed by atoms with Crippen molar-refractivity contribution in [3.05, 3.63) is 90.0 Å². The van der Waals surface area contributed by atoms with Crippen molar-refractivity contribution in [3.63, 3.8) is 0 Å². The molecule has 0 spiro atoms. The number of rotatable bonds is 9. The van der Waals surface area contributed by atoms with Gasteiger partial charge in [-0.2, -0.15) is 4.31 Å². The molecule has 9 heteroatoms. The van der Waals surface area contributed by atoms with Gasteiger partial charge in [-0.25, -0.2) is 12.8 Å². The summed E-state index contributed by atoms with van der Waals surface area (Å²) in [6.45, 7) is -0.238. The smallest absolute Gasteiger partial charge is 0.245 e. The van der Waals surface area contributed by atoms with Crippen molar-refractivity contribution >= 4 is 15.9 Å². The molecule has 1 N–H and O–H groups in total. The highest BCUT2D eigenvalue weighted by Gasteiger charge is 2.27. The molecular formula is C22H22FN3O4S. The van der Waals surface area contributed by atoms with Gasteiger partial charge in [0.25, 0.3) is 0 Å². The molecule has 0 atom stereocenters. The van der Waals surface area contributed by atoms with Crippen LogP contribution in [0.15, 0.2) is 78.0 Å². The minimum absolute atomic E-state index is 0.00477.